The van der Waals surface area contributed by atoms with Crippen LogP contribution in [0.25, 0.3) is 11.0 Å². The SMILES string of the molecule is COc1cccc2cc(CNCc3cc(C)c(C)s3)oc12. The number of aryl methyl sites for hydroxylation is 2. The number of furan rings is 1. The van der Waals surface area contributed by atoms with Crippen molar-refractivity contribution in [2.75, 3.05) is 7.11 Å². The van der Waals surface area contributed by atoms with Crippen LogP contribution in [0.5, 0.6) is 5.75 Å². The fourth-order valence-electron chi connectivity index (χ4n) is 2.38. The second kappa shape index (κ2) is 5.92. The Morgan fingerprint density at radius 3 is 2.76 bits per heavy atom. The molecule has 2 aromatic heterocycles. The Balaban J connectivity index is 1.68. The van der Waals surface area contributed by atoms with Crippen molar-refractivity contribution in [3.05, 3.63) is 51.4 Å². The highest BCUT2D eigenvalue weighted by atomic mass is 32.1. The van der Waals surface area contributed by atoms with Gasteiger partial charge in [0.2, 0.25) is 0 Å². The predicted molar refractivity (Wildman–Crippen MR) is 87.1 cm³/mol. The molecule has 110 valence electrons. The van der Waals surface area contributed by atoms with Gasteiger partial charge in [0.15, 0.2) is 11.3 Å². The van der Waals surface area contributed by atoms with Crippen molar-refractivity contribution in [1.82, 2.24) is 5.32 Å². The molecule has 0 aliphatic heterocycles. The Labute approximate surface area is 128 Å². The molecule has 0 saturated carbocycles. The minimum Gasteiger partial charge on any atom is -0.493 e. The second-order valence-electron chi connectivity index (χ2n) is 5.15. The third kappa shape index (κ3) is 2.96. The fourth-order valence-corrected chi connectivity index (χ4v) is 3.41. The van der Waals surface area contributed by atoms with E-state index in [4.69, 9.17) is 9.15 Å². The van der Waals surface area contributed by atoms with Gasteiger partial charge in [0.25, 0.3) is 0 Å². The van der Waals surface area contributed by atoms with Gasteiger partial charge in [-0.25, -0.2) is 0 Å². The first kappa shape index (κ1) is 14.2. The average Bonchev–Trinajstić information content (AvgIpc) is 3.02. The van der Waals surface area contributed by atoms with Crippen LogP contribution in [-0.4, -0.2) is 7.11 Å². The Morgan fingerprint density at radius 2 is 2.05 bits per heavy atom. The minimum atomic E-state index is 0.716. The molecular weight excluding hydrogens is 282 g/mol. The van der Waals surface area contributed by atoms with Crippen molar-refractivity contribution in [2.45, 2.75) is 26.9 Å². The lowest BCUT2D eigenvalue weighted by Gasteiger charge is -2.00. The highest BCUT2D eigenvalue weighted by molar-refractivity contribution is 7.12. The lowest BCUT2D eigenvalue weighted by molar-refractivity contribution is 0.406. The second-order valence-corrected chi connectivity index (χ2v) is 6.49. The summed E-state index contributed by atoms with van der Waals surface area (Å²) in [6.07, 6.45) is 0. The molecule has 21 heavy (non-hydrogen) atoms. The summed E-state index contributed by atoms with van der Waals surface area (Å²) in [6, 6.07) is 10.2. The van der Waals surface area contributed by atoms with Crippen LogP contribution in [0.3, 0.4) is 0 Å². The summed E-state index contributed by atoms with van der Waals surface area (Å²) in [6.45, 7) is 5.90. The van der Waals surface area contributed by atoms with Crippen molar-refractivity contribution in [2.24, 2.45) is 0 Å². The maximum absolute atomic E-state index is 5.87. The zero-order chi connectivity index (χ0) is 14.8. The highest BCUT2D eigenvalue weighted by Crippen LogP contribution is 2.28. The number of fused-ring (bicyclic) bond motifs is 1. The van der Waals surface area contributed by atoms with E-state index in [0.29, 0.717) is 6.54 Å². The molecule has 1 N–H and O–H groups in total. The lowest BCUT2D eigenvalue weighted by atomic mass is 10.2. The number of rotatable bonds is 5. The topological polar surface area (TPSA) is 34.4 Å². The summed E-state index contributed by atoms with van der Waals surface area (Å²) in [5.41, 5.74) is 2.19. The molecule has 0 amide bonds. The molecule has 0 saturated heterocycles. The Morgan fingerprint density at radius 1 is 1.19 bits per heavy atom. The number of thiophene rings is 1. The quantitative estimate of drug-likeness (QED) is 0.758. The van der Waals surface area contributed by atoms with E-state index in [1.165, 1.54) is 15.3 Å². The largest absolute Gasteiger partial charge is 0.493 e. The van der Waals surface area contributed by atoms with Gasteiger partial charge < -0.3 is 14.5 Å². The van der Waals surface area contributed by atoms with Gasteiger partial charge >= 0.3 is 0 Å². The summed E-state index contributed by atoms with van der Waals surface area (Å²) in [5, 5.41) is 4.51. The molecule has 1 aromatic carbocycles. The van der Waals surface area contributed by atoms with Crippen molar-refractivity contribution >= 4 is 22.3 Å². The maximum atomic E-state index is 5.87. The molecular formula is C17H19NO2S. The standard InChI is InChI=1S/C17H19NO2S/c1-11-7-15(21-12(11)2)10-18-9-14-8-13-5-4-6-16(19-3)17(13)20-14/h4-8,18H,9-10H2,1-3H3. The average molecular weight is 301 g/mol. The van der Waals surface area contributed by atoms with Crippen LogP contribution < -0.4 is 10.1 Å². The molecule has 3 rings (SSSR count). The van der Waals surface area contributed by atoms with Crippen molar-refractivity contribution in [3.63, 3.8) is 0 Å². The first-order valence-electron chi connectivity index (χ1n) is 6.99. The van der Waals surface area contributed by atoms with E-state index < -0.39 is 0 Å². The number of benzene rings is 1. The van der Waals surface area contributed by atoms with Gasteiger partial charge in [-0.15, -0.1) is 11.3 Å². The Kier molecular flexibility index (Phi) is 3.99. The van der Waals surface area contributed by atoms with E-state index in [0.717, 1.165) is 29.0 Å². The molecule has 0 bridgehead atoms. The van der Waals surface area contributed by atoms with Gasteiger partial charge in [-0.3, -0.25) is 0 Å². The molecule has 4 heteroatoms. The molecule has 0 atom stereocenters. The molecule has 0 aliphatic rings. The molecule has 0 unspecified atom stereocenters. The van der Waals surface area contributed by atoms with Gasteiger partial charge in [-0.05, 0) is 37.6 Å². The van der Waals surface area contributed by atoms with Gasteiger partial charge in [0.05, 0.1) is 13.7 Å². The molecule has 2 heterocycles. The van der Waals surface area contributed by atoms with Crippen molar-refractivity contribution in [3.8, 4) is 5.75 Å². The first-order chi connectivity index (χ1) is 10.2. The number of para-hydroxylation sites is 1. The van der Waals surface area contributed by atoms with Crippen LogP contribution in [0.4, 0.5) is 0 Å². The van der Waals surface area contributed by atoms with Gasteiger partial charge in [0.1, 0.15) is 5.76 Å². The van der Waals surface area contributed by atoms with Crippen LogP contribution in [0, 0.1) is 13.8 Å². The summed E-state index contributed by atoms with van der Waals surface area (Å²) in [7, 11) is 1.66. The van der Waals surface area contributed by atoms with E-state index in [-0.39, 0.29) is 0 Å². The molecule has 3 nitrogen and oxygen atoms in total. The molecule has 3 aromatic rings. The van der Waals surface area contributed by atoms with Gasteiger partial charge in [-0.1, -0.05) is 12.1 Å². The fraction of sp³-hybridized carbons (Fsp3) is 0.294. The molecule has 0 fully saturated rings. The Hall–Kier alpha value is -1.78. The maximum Gasteiger partial charge on any atom is 0.176 e. The third-order valence-corrected chi connectivity index (χ3v) is 4.75. The highest BCUT2D eigenvalue weighted by Gasteiger charge is 2.08. The van der Waals surface area contributed by atoms with Gasteiger partial charge in [-0.2, -0.15) is 0 Å². The number of ether oxygens (including phenoxy) is 1. The van der Waals surface area contributed by atoms with E-state index in [9.17, 15) is 0 Å². The number of hydrogen-bond donors (Lipinski definition) is 1. The monoisotopic (exact) mass is 301 g/mol. The normalized spacial score (nSPS) is 11.2. The summed E-state index contributed by atoms with van der Waals surface area (Å²) < 4.78 is 11.2. The molecule has 0 spiro atoms. The summed E-state index contributed by atoms with van der Waals surface area (Å²) >= 11 is 1.85. The van der Waals surface area contributed by atoms with Crippen LogP contribution in [0.15, 0.2) is 34.7 Å². The van der Waals surface area contributed by atoms with Crippen LogP contribution in [-0.2, 0) is 13.1 Å². The zero-order valence-corrected chi connectivity index (χ0v) is 13.3. The summed E-state index contributed by atoms with van der Waals surface area (Å²) in [5.74, 6) is 1.71. The number of hydrogen-bond acceptors (Lipinski definition) is 4. The molecule has 0 aliphatic carbocycles. The van der Waals surface area contributed by atoms with E-state index >= 15 is 0 Å². The molecule has 0 radical (unpaired) electrons. The number of methoxy groups -OCH3 is 1. The first-order valence-corrected chi connectivity index (χ1v) is 7.81. The Bertz CT molecular complexity index is 738. The van der Waals surface area contributed by atoms with E-state index in [1.54, 1.807) is 7.11 Å². The third-order valence-electron chi connectivity index (χ3n) is 3.59. The predicted octanol–water partition coefficient (Wildman–Crippen LogP) is 4.41. The summed E-state index contributed by atoms with van der Waals surface area (Å²) in [4.78, 5) is 2.75. The number of nitrogens with one attached hydrogen (secondary N) is 1. The van der Waals surface area contributed by atoms with Gasteiger partial charge in [0, 0.05) is 21.7 Å². The van der Waals surface area contributed by atoms with Crippen LogP contribution in [0.2, 0.25) is 0 Å². The van der Waals surface area contributed by atoms with Crippen molar-refractivity contribution in [1.29, 1.82) is 0 Å². The lowest BCUT2D eigenvalue weighted by Crippen LogP contribution is -2.10. The smallest absolute Gasteiger partial charge is 0.176 e. The van der Waals surface area contributed by atoms with Crippen LogP contribution in [0.1, 0.15) is 21.1 Å². The zero-order valence-electron chi connectivity index (χ0n) is 12.5. The van der Waals surface area contributed by atoms with Crippen LogP contribution >= 0.6 is 11.3 Å². The van der Waals surface area contributed by atoms with E-state index in [1.807, 2.05) is 29.5 Å². The van der Waals surface area contributed by atoms with Crippen molar-refractivity contribution < 1.29 is 9.15 Å². The minimum absolute atomic E-state index is 0.716. The van der Waals surface area contributed by atoms with E-state index in [2.05, 4.69) is 31.3 Å².